The van der Waals surface area contributed by atoms with E-state index in [-0.39, 0.29) is 11.8 Å². The van der Waals surface area contributed by atoms with Gasteiger partial charge in [-0.15, -0.1) is 10.2 Å². The highest BCUT2D eigenvalue weighted by Crippen LogP contribution is 2.27. The van der Waals surface area contributed by atoms with E-state index in [1.165, 1.54) is 0 Å². The van der Waals surface area contributed by atoms with Gasteiger partial charge in [-0.05, 0) is 49.2 Å². The molecule has 7 nitrogen and oxygen atoms in total. The van der Waals surface area contributed by atoms with Gasteiger partial charge in [0.05, 0.1) is 18.5 Å². The van der Waals surface area contributed by atoms with Gasteiger partial charge < -0.3 is 15.0 Å². The molecule has 1 N–H and O–H groups in total. The molecule has 0 bridgehead atoms. The van der Waals surface area contributed by atoms with E-state index in [0.717, 1.165) is 43.0 Å². The summed E-state index contributed by atoms with van der Waals surface area (Å²) in [4.78, 5) is 18.9. The fourth-order valence-corrected chi connectivity index (χ4v) is 3.52. The van der Waals surface area contributed by atoms with Crippen molar-refractivity contribution in [2.45, 2.75) is 12.8 Å². The first kappa shape index (κ1) is 18.9. The Labute approximate surface area is 169 Å². The molecular formula is C22H23N5O2. The molecule has 4 rings (SSSR count). The third-order valence-electron chi connectivity index (χ3n) is 5.18. The second-order valence-electron chi connectivity index (χ2n) is 6.96. The number of nitrogens with one attached hydrogen (secondary N) is 1. The van der Waals surface area contributed by atoms with Gasteiger partial charge in [-0.2, -0.15) is 0 Å². The molecule has 148 valence electrons. The van der Waals surface area contributed by atoms with Crippen molar-refractivity contribution in [3.05, 3.63) is 60.9 Å². The Morgan fingerprint density at radius 1 is 1.03 bits per heavy atom. The van der Waals surface area contributed by atoms with Crippen molar-refractivity contribution >= 4 is 17.4 Å². The van der Waals surface area contributed by atoms with Gasteiger partial charge in [0, 0.05) is 37.0 Å². The van der Waals surface area contributed by atoms with Crippen LogP contribution in [0.1, 0.15) is 12.8 Å². The zero-order valence-corrected chi connectivity index (χ0v) is 16.3. The maximum absolute atomic E-state index is 12.7. The first-order valence-electron chi connectivity index (χ1n) is 9.67. The van der Waals surface area contributed by atoms with Crippen LogP contribution >= 0.6 is 0 Å². The molecular weight excluding hydrogens is 366 g/mol. The molecule has 1 amide bonds. The summed E-state index contributed by atoms with van der Waals surface area (Å²) in [6, 6.07) is 15.2. The molecule has 0 unspecified atom stereocenters. The number of methoxy groups -OCH3 is 1. The summed E-state index contributed by atoms with van der Waals surface area (Å²) in [6.45, 7) is 1.54. The Kier molecular flexibility index (Phi) is 5.65. The van der Waals surface area contributed by atoms with E-state index in [4.69, 9.17) is 4.74 Å². The summed E-state index contributed by atoms with van der Waals surface area (Å²) in [7, 11) is 1.60. The molecule has 0 saturated carbocycles. The van der Waals surface area contributed by atoms with Gasteiger partial charge in [0.2, 0.25) is 5.91 Å². The molecule has 3 heterocycles. The lowest BCUT2D eigenvalue weighted by Crippen LogP contribution is -2.38. The minimum absolute atomic E-state index is 0.0276. The van der Waals surface area contributed by atoms with Gasteiger partial charge in [0.15, 0.2) is 5.82 Å². The molecule has 1 aliphatic heterocycles. The van der Waals surface area contributed by atoms with E-state index in [2.05, 4.69) is 25.4 Å². The number of piperidine rings is 1. The van der Waals surface area contributed by atoms with Crippen LogP contribution in [0, 0.1) is 5.92 Å². The number of amides is 1. The first-order valence-corrected chi connectivity index (χ1v) is 9.67. The van der Waals surface area contributed by atoms with Crippen molar-refractivity contribution < 1.29 is 9.53 Å². The number of carbonyl (C=O) groups excluding carboxylic acids is 1. The van der Waals surface area contributed by atoms with Crippen LogP contribution in [0.2, 0.25) is 0 Å². The number of pyridine rings is 1. The Bertz CT molecular complexity index is 954. The number of carbonyl (C=O) groups is 1. The third-order valence-corrected chi connectivity index (χ3v) is 5.18. The maximum Gasteiger partial charge on any atom is 0.227 e. The Morgan fingerprint density at radius 3 is 2.48 bits per heavy atom. The smallest absolute Gasteiger partial charge is 0.227 e. The number of para-hydroxylation sites is 2. The quantitative estimate of drug-likeness (QED) is 0.720. The van der Waals surface area contributed by atoms with E-state index >= 15 is 0 Å². The predicted octanol–water partition coefficient (Wildman–Crippen LogP) is 3.40. The number of nitrogens with zero attached hydrogens (tertiary/aromatic N) is 4. The highest BCUT2D eigenvalue weighted by atomic mass is 16.5. The van der Waals surface area contributed by atoms with E-state index in [0.29, 0.717) is 11.4 Å². The number of anilines is 2. The first-order chi connectivity index (χ1) is 14.2. The number of hydrogen-bond acceptors (Lipinski definition) is 6. The Balaban J connectivity index is 1.35. The molecule has 1 aromatic carbocycles. The highest BCUT2D eigenvalue weighted by Gasteiger charge is 2.26. The fourth-order valence-electron chi connectivity index (χ4n) is 3.52. The number of aromatic nitrogens is 3. The average Bonchev–Trinajstić information content (AvgIpc) is 2.80. The van der Waals surface area contributed by atoms with Crippen molar-refractivity contribution in [3.8, 4) is 17.0 Å². The fraction of sp³-hybridized carbons (Fsp3) is 0.273. The Hall–Kier alpha value is -3.48. The molecule has 1 fully saturated rings. The molecule has 0 atom stereocenters. The van der Waals surface area contributed by atoms with Crippen molar-refractivity contribution in [3.63, 3.8) is 0 Å². The molecule has 7 heteroatoms. The number of hydrogen-bond donors (Lipinski definition) is 1. The Morgan fingerprint density at radius 2 is 1.79 bits per heavy atom. The standard InChI is InChI=1S/C22H23N5O2/c1-29-20-5-3-2-4-19(20)24-22(28)17-10-14-27(15-11-17)21-7-6-18(25-26-21)16-8-12-23-13-9-16/h2-9,12-13,17H,10-11,14-15H2,1H3,(H,24,28). The minimum Gasteiger partial charge on any atom is -0.495 e. The van der Waals surface area contributed by atoms with Crippen molar-refractivity contribution in [1.29, 1.82) is 0 Å². The van der Waals surface area contributed by atoms with Crippen molar-refractivity contribution in [1.82, 2.24) is 15.2 Å². The molecule has 3 aromatic rings. The average molecular weight is 389 g/mol. The van der Waals surface area contributed by atoms with E-state index in [9.17, 15) is 4.79 Å². The lowest BCUT2D eigenvalue weighted by Gasteiger charge is -2.31. The number of benzene rings is 1. The second-order valence-corrected chi connectivity index (χ2v) is 6.96. The van der Waals surface area contributed by atoms with Gasteiger partial charge in [-0.25, -0.2) is 0 Å². The number of rotatable bonds is 5. The van der Waals surface area contributed by atoms with Gasteiger partial charge in [-0.3, -0.25) is 9.78 Å². The molecule has 1 saturated heterocycles. The summed E-state index contributed by atoms with van der Waals surface area (Å²) in [5, 5.41) is 11.7. The molecule has 29 heavy (non-hydrogen) atoms. The maximum atomic E-state index is 12.7. The van der Waals surface area contributed by atoms with E-state index < -0.39 is 0 Å². The monoisotopic (exact) mass is 389 g/mol. The molecule has 2 aromatic heterocycles. The largest absolute Gasteiger partial charge is 0.495 e. The molecule has 0 spiro atoms. The highest BCUT2D eigenvalue weighted by molar-refractivity contribution is 5.94. The van der Waals surface area contributed by atoms with Crippen LogP contribution < -0.4 is 15.0 Å². The molecule has 1 aliphatic rings. The van der Waals surface area contributed by atoms with Gasteiger partial charge in [0.25, 0.3) is 0 Å². The second kappa shape index (κ2) is 8.68. The van der Waals surface area contributed by atoms with E-state index in [1.807, 2.05) is 48.5 Å². The topological polar surface area (TPSA) is 80.2 Å². The lowest BCUT2D eigenvalue weighted by atomic mass is 9.95. The van der Waals surface area contributed by atoms with Gasteiger partial charge >= 0.3 is 0 Å². The molecule has 0 radical (unpaired) electrons. The van der Waals surface area contributed by atoms with Crippen LogP contribution in [0.25, 0.3) is 11.3 Å². The van der Waals surface area contributed by atoms with E-state index in [1.54, 1.807) is 19.5 Å². The zero-order valence-electron chi connectivity index (χ0n) is 16.3. The zero-order chi connectivity index (χ0) is 20.1. The molecule has 0 aliphatic carbocycles. The van der Waals surface area contributed by atoms with Gasteiger partial charge in [0.1, 0.15) is 5.75 Å². The minimum atomic E-state index is -0.0276. The van der Waals surface area contributed by atoms with Crippen LogP contribution in [0.3, 0.4) is 0 Å². The number of ether oxygens (including phenoxy) is 1. The van der Waals surface area contributed by atoms with Crippen LogP contribution in [0.15, 0.2) is 60.9 Å². The van der Waals surface area contributed by atoms with Gasteiger partial charge in [-0.1, -0.05) is 12.1 Å². The summed E-state index contributed by atoms with van der Waals surface area (Å²) in [6.07, 6.45) is 5.03. The lowest BCUT2D eigenvalue weighted by molar-refractivity contribution is -0.120. The predicted molar refractivity (Wildman–Crippen MR) is 112 cm³/mol. The van der Waals surface area contributed by atoms with Crippen molar-refractivity contribution in [2.24, 2.45) is 5.92 Å². The van der Waals surface area contributed by atoms with Crippen LogP contribution in [0.4, 0.5) is 11.5 Å². The summed E-state index contributed by atoms with van der Waals surface area (Å²) < 4.78 is 5.31. The van der Waals surface area contributed by atoms with Crippen molar-refractivity contribution in [2.75, 3.05) is 30.4 Å². The SMILES string of the molecule is COc1ccccc1NC(=O)C1CCN(c2ccc(-c3ccncc3)nn2)CC1. The summed E-state index contributed by atoms with van der Waals surface area (Å²) in [5.74, 6) is 1.52. The van der Waals surface area contributed by atoms with Crippen LogP contribution in [-0.2, 0) is 4.79 Å². The normalized spacial score (nSPS) is 14.4. The van der Waals surface area contributed by atoms with Crippen LogP contribution in [-0.4, -0.2) is 41.3 Å². The summed E-state index contributed by atoms with van der Waals surface area (Å²) in [5.41, 5.74) is 2.52. The third kappa shape index (κ3) is 4.34. The van der Waals surface area contributed by atoms with Crippen LogP contribution in [0.5, 0.6) is 5.75 Å². The summed E-state index contributed by atoms with van der Waals surface area (Å²) >= 11 is 0.